The number of hydrogen-bond acceptors (Lipinski definition) is 7. The zero-order valence-electron chi connectivity index (χ0n) is 10.8. The summed E-state index contributed by atoms with van der Waals surface area (Å²) in [6.07, 6.45) is 1.77. The molecule has 106 valence electrons. The van der Waals surface area contributed by atoms with E-state index in [1.807, 2.05) is 0 Å². The molecule has 18 heavy (non-hydrogen) atoms. The lowest BCUT2D eigenvalue weighted by atomic mass is 9.93. The Morgan fingerprint density at radius 2 is 1.83 bits per heavy atom. The minimum Gasteiger partial charge on any atom is -0.479 e. The van der Waals surface area contributed by atoms with Crippen LogP contribution >= 0.6 is 0 Å². The molecule has 1 unspecified atom stereocenters. The monoisotopic (exact) mass is 264 g/mol. The van der Waals surface area contributed by atoms with Crippen LogP contribution in [0.25, 0.3) is 0 Å². The average Bonchev–Trinajstić information content (AvgIpc) is 2.31. The second kappa shape index (κ2) is 10.7. The second-order valence-electron chi connectivity index (χ2n) is 3.72. The van der Waals surface area contributed by atoms with Gasteiger partial charge in [-0.1, -0.05) is 10.4 Å². The van der Waals surface area contributed by atoms with Crippen molar-refractivity contribution in [3.8, 4) is 0 Å². The molecule has 0 spiro atoms. The summed E-state index contributed by atoms with van der Waals surface area (Å²) in [4.78, 5) is 27.8. The van der Waals surface area contributed by atoms with Crippen LogP contribution in [0.4, 0.5) is 0 Å². The third kappa shape index (κ3) is 7.80. The molecule has 1 fully saturated rings. The number of rotatable bonds is 2. The summed E-state index contributed by atoms with van der Waals surface area (Å²) in [7, 11) is 2.39. The van der Waals surface area contributed by atoms with Crippen molar-refractivity contribution in [2.45, 2.75) is 37.9 Å². The summed E-state index contributed by atoms with van der Waals surface area (Å²) >= 11 is 0. The number of nitrogens with zero attached hydrogens (tertiary/aromatic N) is 2. The largest absolute Gasteiger partial charge is 0.479 e. The van der Waals surface area contributed by atoms with Crippen molar-refractivity contribution < 1.29 is 19.7 Å². The molecule has 0 aliphatic carbocycles. The fraction of sp³-hybridized carbons (Fsp3) is 0.900. The fourth-order valence-corrected chi connectivity index (χ4v) is 1.44. The fourth-order valence-electron chi connectivity index (χ4n) is 1.44. The van der Waals surface area contributed by atoms with Gasteiger partial charge in [0, 0.05) is 0 Å². The van der Waals surface area contributed by atoms with Crippen molar-refractivity contribution in [2.24, 2.45) is 10.4 Å². The van der Waals surface area contributed by atoms with Crippen LogP contribution in [0.2, 0.25) is 0 Å². The summed E-state index contributed by atoms with van der Waals surface area (Å²) in [6.45, 7) is 1.46. The molecule has 2 atom stereocenters. The molecule has 0 radical (unpaired) electrons. The van der Waals surface area contributed by atoms with Gasteiger partial charge in [0.1, 0.15) is 0 Å². The van der Waals surface area contributed by atoms with Crippen molar-refractivity contribution in [1.29, 1.82) is 0 Å². The van der Waals surface area contributed by atoms with E-state index in [1.165, 1.54) is 14.1 Å². The Hall–Kier alpha value is -1.41. The number of aliphatic hydroxyl groups is 1. The van der Waals surface area contributed by atoms with Gasteiger partial charge in [-0.05, 0) is 26.2 Å². The van der Waals surface area contributed by atoms with Gasteiger partial charge in [-0.3, -0.25) is 0 Å². The summed E-state index contributed by atoms with van der Waals surface area (Å²) in [6, 6.07) is 0. The highest BCUT2D eigenvalue weighted by molar-refractivity contribution is 5.77. The minimum atomic E-state index is -1.09. The maximum Gasteiger partial charge on any atom is 0.335 e. The molecule has 0 amide bonds. The van der Waals surface area contributed by atoms with Crippen LogP contribution in [0, 0.1) is 9.81 Å². The smallest absolute Gasteiger partial charge is 0.335 e. The average molecular weight is 264 g/mol. The first-order valence-electron chi connectivity index (χ1n) is 5.36. The lowest BCUT2D eigenvalue weighted by Crippen LogP contribution is -2.45. The Labute approximate surface area is 105 Å². The van der Waals surface area contributed by atoms with Crippen molar-refractivity contribution in [3.63, 3.8) is 0 Å². The highest BCUT2D eigenvalue weighted by atomic mass is 16.5. The Bertz CT molecular complexity index is 255. The van der Waals surface area contributed by atoms with E-state index in [4.69, 9.17) is 24.8 Å². The van der Waals surface area contributed by atoms with Crippen molar-refractivity contribution in [1.82, 2.24) is 0 Å². The number of carboxylic acid groups (broad SMARTS) is 1. The second-order valence-corrected chi connectivity index (χ2v) is 3.72. The molecule has 0 aromatic carbocycles. The van der Waals surface area contributed by atoms with Crippen LogP contribution in [-0.4, -0.2) is 48.6 Å². The first-order valence-corrected chi connectivity index (χ1v) is 5.36. The normalized spacial score (nSPS) is 25.7. The van der Waals surface area contributed by atoms with E-state index in [0.29, 0.717) is 6.42 Å². The highest BCUT2D eigenvalue weighted by Crippen LogP contribution is 2.28. The van der Waals surface area contributed by atoms with Crippen LogP contribution in [0.15, 0.2) is 10.4 Å². The van der Waals surface area contributed by atoms with Gasteiger partial charge in [-0.15, -0.1) is 0 Å². The number of nitroso groups, excluding NO2 is 2. The molecule has 1 saturated heterocycles. The topological polar surface area (TPSA) is 126 Å². The lowest BCUT2D eigenvalue weighted by Gasteiger charge is -2.34. The van der Waals surface area contributed by atoms with Gasteiger partial charge in [0.05, 0.1) is 26.8 Å². The van der Waals surface area contributed by atoms with E-state index < -0.39 is 11.6 Å². The van der Waals surface area contributed by atoms with Crippen molar-refractivity contribution in [3.05, 3.63) is 9.81 Å². The molecular formula is C10H20N2O6. The summed E-state index contributed by atoms with van der Waals surface area (Å²) in [5.41, 5.74) is -1.09. The van der Waals surface area contributed by atoms with Crippen molar-refractivity contribution >= 4 is 5.97 Å². The molecule has 0 bridgehead atoms. The number of carboxylic acids is 1. The quantitative estimate of drug-likeness (QED) is 0.720. The zero-order chi connectivity index (χ0) is 14.6. The van der Waals surface area contributed by atoms with Crippen molar-refractivity contribution in [2.75, 3.05) is 20.7 Å². The van der Waals surface area contributed by atoms with Gasteiger partial charge in [0.2, 0.25) is 0 Å². The van der Waals surface area contributed by atoms with E-state index in [0.717, 1.165) is 12.8 Å². The predicted octanol–water partition coefficient (Wildman–Crippen LogP) is 1.16. The lowest BCUT2D eigenvalue weighted by molar-refractivity contribution is -0.183. The SMILES string of the molecule is CC1(C(=O)O)CCC[C@H](CO)O1.CN=O.CN=O. The van der Waals surface area contributed by atoms with Gasteiger partial charge >= 0.3 is 5.97 Å². The first-order chi connectivity index (χ1) is 8.41. The summed E-state index contributed by atoms with van der Waals surface area (Å²) in [5.74, 6) is -0.944. The number of ether oxygens (including phenoxy) is 1. The zero-order valence-corrected chi connectivity index (χ0v) is 10.8. The van der Waals surface area contributed by atoms with Crippen LogP contribution in [0.3, 0.4) is 0 Å². The number of carbonyl (C=O) groups is 1. The van der Waals surface area contributed by atoms with Gasteiger partial charge in [-0.25, -0.2) is 4.79 Å². The molecule has 8 nitrogen and oxygen atoms in total. The predicted molar refractivity (Wildman–Crippen MR) is 65.3 cm³/mol. The van der Waals surface area contributed by atoms with E-state index in [1.54, 1.807) is 6.92 Å². The Kier molecular flexibility index (Phi) is 11.3. The molecule has 8 heteroatoms. The van der Waals surface area contributed by atoms with Gasteiger partial charge < -0.3 is 14.9 Å². The number of aliphatic carboxylic acids is 1. The van der Waals surface area contributed by atoms with Gasteiger partial charge in [-0.2, -0.15) is 9.81 Å². The summed E-state index contributed by atoms with van der Waals surface area (Å²) in [5, 5.41) is 22.1. The maximum absolute atomic E-state index is 10.7. The molecule has 0 aromatic rings. The Morgan fingerprint density at radius 3 is 2.17 bits per heavy atom. The maximum atomic E-state index is 10.7. The van der Waals surface area contributed by atoms with E-state index >= 15 is 0 Å². The highest BCUT2D eigenvalue weighted by Gasteiger charge is 2.39. The first kappa shape index (κ1) is 18.9. The number of aliphatic hydroxyl groups excluding tert-OH is 1. The third-order valence-electron chi connectivity index (χ3n) is 2.26. The van der Waals surface area contributed by atoms with Crippen LogP contribution < -0.4 is 0 Å². The third-order valence-corrected chi connectivity index (χ3v) is 2.26. The Morgan fingerprint density at radius 1 is 1.39 bits per heavy atom. The molecule has 1 heterocycles. The van der Waals surface area contributed by atoms with Crippen LogP contribution in [0.1, 0.15) is 26.2 Å². The molecule has 1 aliphatic rings. The standard InChI is InChI=1S/C8H14O4.2CH3NO/c1-8(7(10)11)4-2-3-6(5-9)12-8;2*1-2-3/h6,9H,2-5H2,1H3,(H,10,11);2*1H3/t6-,8?;;/m1../s1. The van der Waals surface area contributed by atoms with Crippen LogP contribution in [0.5, 0.6) is 0 Å². The summed E-state index contributed by atoms with van der Waals surface area (Å²) < 4.78 is 5.23. The molecule has 0 aromatic heterocycles. The molecule has 1 rings (SSSR count). The molecular weight excluding hydrogens is 244 g/mol. The van der Waals surface area contributed by atoms with Gasteiger partial charge in [0.15, 0.2) is 5.60 Å². The molecule has 0 saturated carbocycles. The minimum absolute atomic E-state index is 0.0944. The molecule has 2 N–H and O–H groups in total. The molecule has 1 aliphatic heterocycles. The van der Waals surface area contributed by atoms with E-state index in [9.17, 15) is 4.79 Å². The van der Waals surface area contributed by atoms with E-state index in [-0.39, 0.29) is 12.7 Å². The van der Waals surface area contributed by atoms with Gasteiger partial charge in [0.25, 0.3) is 0 Å². The number of hydrogen-bond donors (Lipinski definition) is 2. The van der Waals surface area contributed by atoms with Crippen LogP contribution in [-0.2, 0) is 9.53 Å². The van der Waals surface area contributed by atoms with E-state index in [2.05, 4.69) is 10.4 Å². The Balaban J connectivity index is 0.